The second-order valence-electron chi connectivity index (χ2n) is 4.87. The van der Waals surface area contributed by atoms with Gasteiger partial charge in [0.1, 0.15) is 11.9 Å². The van der Waals surface area contributed by atoms with E-state index < -0.39 is 23.8 Å². The fourth-order valence-corrected chi connectivity index (χ4v) is 2.12. The molecule has 0 saturated carbocycles. The minimum atomic E-state index is -0.718. The summed E-state index contributed by atoms with van der Waals surface area (Å²) in [4.78, 5) is 34.9. The first-order valence-corrected chi connectivity index (χ1v) is 6.83. The van der Waals surface area contributed by atoms with E-state index >= 15 is 0 Å². The van der Waals surface area contributed by atoms with Crippen molar-refractivity contribution >= 4 is 17.7 Å². The molecule has 0 bridgehead atoms. The average molecular weight is 293 g/mol. The molecule has 5 nitrogen and oxygen atoms in total. The van der Waals surface area contributed by atoms with Gasteiger partial charge in [-0.15, -0.1) is 0 Å². The molecule has 0 spiro atoms. The van der Waals surface area contributed by atoms with E-state index in [-0.39, 0.29) is 18.6 Å². The second-order valence-corrected chi connectivity index (χ2v) is 4.87. The van der Waals surface area contributed by atoms with Crippen LogP contribution in [0.4, 0.5) is 4.39 Å². The van der Waals surface area contributed by atoms with Gasteiger partial charge in [-0.05, 0) is 43.7 Å². The minimum absolute atomic E-state index is 0.0736. The molecule has 6 heteroatoms. The van der Waals surface area contributed by atoms with Gasteiger partial charge in [-0.1, -0.05) is 0 Å². The SMILES string of the molecule is O=C(CCC(=O)c1ccc(F)cc1)OC(=O)[C@@H]1CCCN1. The maximum absolute atomic E-state index is 12.7. The molecule has 0 radical (unpaired) electrons. The van der Waals surface area contributed by atoms with Gasteiger partial charge in [-0.2, -0.15) is 0 Å². The van der Waals surface area contributed by atoms with E-state index in [1.165, 1.54) is 24.3 Å². The fraction of sp³-hybridized carbons (Fsp3) is 0.400. The lowest BCUT2D eigenvalue weighted by Gasteiger charge is -2.08. The molecule has 1 atom stereocenters. The highest BCUT2D eigenvalue weighted by Gasteiger charge is 2.25. The number of carbonyl (C=O) groups excluding carboxylic acids is 3. The van der Waals surface area contributed by atoms with Crippen LogP contribution in [0.15, 0.2) is 24.3 Å². The summed E-state index contributed by atoms with van der Waals surface area (Å²) in [5.41, 5.74) is 0.327. The van der Waals surface area contributed by atoms with Gasteiger partial charge in [0.2, 0.25) is 0 Å². The number of ketones is 1. The predicted molar refractivity (Wildman–Crippen MR) is 72.1 cm³/mol. The third-order valence-electron chi connectivity index (χ3n) is 3.28. The summed E-state index contributed by atoms with van der Waals surface area (Å²) in [6.45, 7) is 0.733. The van der Waals surface area contributed by atoms with Gasteiger partial charge in [0.25, 0.3) is 0 Å². The number of rotatable bonds is 5. The van der Waals surface area contributed by atoms with Crippen molar-refractivity contribution in [2.24, 2.45) is 0 Å². The summed E-state index contributed by atoms with van der Waals surface area (Å²) in [5, 5.41) is 2.93. The number of nitrogens with one attached hydrogen (secondary N) is 1. The van der Waals surface area contributed by atoms with Crippen LogP contribution in [0, 0.1) is 5.82 Å². The smallest absolute Gasteiger partial charge is 0.330 e. The molecule has 1 saturated heterocycles. The zero-order chi connectivity index (χ0) is 15.2. The number of ether oxygens (including phenoxy) is 1. The molecule has 1 fully saturated rings. The number of halogens is 1. The van der Waals surface area contributed by atoms with Crippen molar-refractivity contribution in [3.8, 4) is 0 Å². The van der Waals surface area contributed by atoms with Crippen LogP contribution in [-0.2, 0) is 14.3 Å². The normalized spacial score (nSPS) is 17.5. The molecule has 1 aliphatic rings. The van der Waals surface area contributed by atoms with Crippen LogP contribution in [0.5, 0.6) is 0 Å². The monoisotopic (exact) mass is 293 g/mol. The molecule has 0 aliphatic carbocycles. The molecule has 1 heterocycles. The standard InChI is InChI=1S/C15H16FNO4/c16-11-5-3-10(4-6-11)13(18)7-8-14(19)21-15(20)12-2-1-9-17-12/h3-6,12,17H,1-2,7-9H2/t12-/m0/s1. The van der Waals surface area contributed by atoms with Gasteiger partial charge in [0.15, 0.2) is 5.78 Å². The van der Waals surface area contributed by atoms with Crippen LogP contribution in [0.25, 0.3) is 0 Å². The zero-order valence-electron chi connectivity index (χ0n) is 11.4. The summed E-state index contributed by atoms with van der Waals surface area (Å²) in [7, 11) is 0. The van der Waals surface area contributed by atoms with E-state index in [1.807, 2.05) is 0 Å². The van der Waals surface area contributed by atoms with Crippen LogP contribution in [-0.4, -0.2) is 30.3 Å². The number of hydrogen-bond acceptors (Lipinski definition) is 5. The van der Waals surface area contributed by atoms with Gasteiger partial charge in [-0.25, -0.2) is 9.18 Å². The number of benzene rings is 1. The first-order valence-electron chi connectivity index (χ1n) is 6.83. The Bertz CT molecular complexity index is 535. The third kappa shape index (κ3) is 4.46. The Morgan fingerprint density at radius 2 is 1.90 bits per heavy atom. The Morgan fingerprint density at radius 3 is 2.52 bits per heavy atom. The Morgan fingerprint density at radius 1 is 1.19 bits per heavy atom. The average Bonchev–Trinajstić information content (AvgIpc) is 3.00. The topological polar surface area (TPSA) is 72.5 Å². The third-order valence-corrected chi connectivity index (χ3v) is 3.28. The Hall–Kier alpha value is -2.08. The van der Waals surface area contributed by atoms with E-state index in [0.717, 1.165) is 13.0 Å². The molecular weight excluding hydrogens is 277 g/mol. The Balaban J connectivity index is 1.76. The maximum Gasteiger partial charge on any atom is 0.330 e. The van der Waals surface area contributed by atoms with Crippen molar-refractivity contribution in [3.05, 3.63) is 35.6 Å². The van der Waals surface area contributed by atoms with E-state index in [9.17, 15) is 18.8 Å². The molecule has 0 amide bonds. The summed E-state index contributed by atoms with van der Waals surface area (Å²) in [5.74, 6) is -2.03. The summed E-state index contributed by atoms with van der Waals surface area (Å²) >= 11 is 0. The van der Waals surface area contributed by atoms with E-state index in [4.69, 9.17) is 0 Å². The van der Waals surface area contributed by atoms with E-state index in [2.05, 4.69) is 10.1 Å². The van der Waals surface area contributed by atoms with E-state index in [1.54, 1.807) is 0 Å². The zero-order valence-corrected chi connectivity index (χ0v) is 11.4. The lowest BCUT2D eigenvalue weighted by molar-refractivity contribution is -0.160. The highest BCUT2D eigenvalue weighted by Crippen LogP contribution is 2.10. The molecular formula is C15H16FNO4. The van der Waals surface area contributed by atoms with Crippen LogP contribution in [0.2, 0.25) is 0 Å². The molecule has 21 heavy (non-hydrogen) atoms. The Kier molecular flexibility index (Phi) is 5.16. The second kappa shape index (κ2) is 7.08. The number of Topliss-reactive ketones (excluding diaryl/α,β-unsaturated/α-hetero) is 1. The molecule has 1 aromatic rings. The van der Waals surface area contributed by atoms with Gasteiger partial charge in [0.05, 0.1) is 6.42 Å². The maximum atomic E-state index is 12.7. The molecule has 1 aliphatic heterocycles. The molecule has 0 aromatic heterocycles. The van der Waals surface area contributed by atoms with Crippen molar-refractivity contribution in [2.75, 3.05) is 6.54 Å². The first-order chi connectivity index (χ1) is 10.1. The van der Waals surface area contributed by atoms with Crippen molar-refractivity contribution in [3.63, 3.8) is 0 Å². The van der Waals surface area contributed by atoms with Crippen molar-refractivity contribution in [2.45, 2.75) is 31.7 Å². The number of carbonyl (C=O) groups is 3. The minimum Gasteiger partial charge on any atom is -0.392 e. The van der Waals surface area contributed by atoms with Crippen molar-refractivity contribution in [1.82, 2.24) is 5.32 Å². The Labute approximate surface area is 121 Å². The summed E-state index contributed by atoms with van der Waals surface area (Å²) < 4.78 is 17.4. The summed E-state index contributed by atoms with van der Waals surface area (Å²) in [6.07, 6.45) is 1.28. The highest BCUT2D eigenvalue weighted by molar-refractivity contribution is 5.98. The van der Waals surface area contributed by atoms with Crippen LogP contribution < -0.4 is 5.32 Å². The lowest BCUT2D eigenvalue weighted by Crippen LogP contribution is -2.33. The molecule has 1 N–H and O–H groups in total. The quantitative estimate of drug-likeness (QED) is 0.507. The van der Waals surface area contributed by atoms with Crippen molar-refractivity contribution in [1.29, 1.82) is 0 Å². The lowest BCUT2D eigenvalue weighted by atomic mass is 10.1. The summed E-state index contributed by atoms with van der Waals surface area (Å²) in [6, 6.07) is 4.65. The van der Waals surface area contributed by atoms with Crippen LogP contribution in [0.3, 0.4) is 0 Å². The van der Waals surface area contributed by atoms with Gasteiger partial charge in [0, 0.05) is 12.0 Å². The van der Waals surface area contributed by atoms with Crippen molar-refractivity contribution < 1.29 is 23.5 Å². The molecule has 2 rings (SSSR count). The largest absolute Gasteiger partial charge is 0.392 e. The van der Waals surface area contributed by atoms with Crippen LogP contribution >= 0.6 is 0 Å². The molecule has 112 valence electrons. The van der Waals surface area contributed by atoms with Gasteiger partial charge in [-0.3, -0.25) is 9.59 Å². The number of esters is 2. The van der Waals surface area contributed by atoms with E-state index in [0.29, 0.717) is 12.0 Å². The first kappa shape index (κ1) is 15.3. The van der Waals surface area contributed by atoms with Crippen LogP contribution in [0.1, 0.15) is 36.0 Å². The predicted octanol–water partition coefficient (Wildman–Crippen LogP) is 1.61. The highest BCUT2D eigenvalue weighted by atomic mass is 19.1. The molecule has 1 aromatic carbocycles. The fourth-order valence-electron chi connectivity index (χ4n) is 2.12. The number of hydrogen-bond donors (Lipinski definition) is 1. The van der Waals surface area contributed by atoms with Gasteiger partial charge < -0.3 is 10.1 Å². The molecule has 0 unspecified atom stereocenters. The van der Waals surface area contributed by atoms with Gasteiger partial charge >= 0.3 is 11.9 Å².